The molecule has 0 aromatic carbocycles. The molecule has 3 heterocycles. The second kappa shape index (κ2) is 5.64. The number of aryl methyl sites for hydroxylation is 1. The second-order valence-electron chi connectivity index (χ2n) is 7.19. The average molecular weight is 288 g/mol. The van der Waals surface area contributed by atoms with Crippen LogP contribution in [0.2, 0.25) is 0 Å². The van der Waals surface area contributed by atoms with E-state index in [1.54, 1.807) is 0 Å². The van der Waals surface area contributed by atoms with Crippen molar-refractivity contribution in [2.45, 2.75) is 76.4 Å². The molecule has 0 bridgehead atoms. The molecule has 3 aliphatic rings. The molecule has 1 aromatic rings. The van der Waals surface area contributed by atoms with Crippen molar-refractivity contribution in [1.29, 1.82) is 0 Å². The van der Waals surface area contributed by atoms with E-state index < -0.39 is 0 Å². The monoisotopic (exact) mass is 288 g/mol. The highest BCUT2D eigenvalue weighted by Gasteiger charge is 2.37. The number of imidazole rings is 1. The van der Waals surface area contributed by atoms with Crippen LogP contribution in [0.4, 0.5) is 5.95 Å². The third-order valence-corrected chi connectivity index (χ3v) is 5.74. The zero-order valence-corrected chi connectivity index (χ0v) is 13.2. The van der Waals surface area contributed by atoms with Gasteiger partial charge in [0.25, 0.3) is 0 Å². The van der Waals surface area contributed by atoms with Gasteiger partial charge >= 0.3 is 0 Å². The predicted molar refractivity (Wildman–Crippen MR) is 85.7 cm³/mol. The van der Waals surface area contributed by atoms with Crippen LogP contribution in [-0.4, -0.2) is 39.6 Å². The lowest BCUT2D eigenvalue weighted by Gasteiger charge is -2.27. The second-order valence-corrected chi connectivity index (χ2v) is 7.19. The molecule has 2 atom stereocenters. The summed E-state index contributed by atoms with van der Waals surface area (Å²) in [5.41, 5.74) is 1.16. The maximum absolute atomic E-state index is 4.80. The van der Waals surface area contributed by atoms with Gasteiger partial charge in [-0.2, -0.15) is 0 Å². The summed E-state index contributed by atoms with van der Waals surface area (Å²) in [6.07, 6.45) is 13.1. The van der Waals surface area contributed by atoms with Crippen LogP contribution in [0.25, 0.3) is 0 Å². The summed E-state index contributed by atoms with van der Waals surface area (Å²) >= 11 is 0. The SMILES string of the molecule is Cc1cn(C2CCCCC2)c(NC2CCN3CCCC23)n1. The van der Waals surface area contributed by atoms with Crippen LogP contribution < -0.4 is 5.32 Å². The Labute approximate surface area is 127 Å². The molecule has 1 saturated carbocycles. The number of nitrogens with zero attached hydrogens (tertiary/aromatic N) is 3. The number of rotatable bonds is 3. The Kier molecular flexibility index (Phi) is 3.66. The van der Waals surface area contributed by atoms with Gasteiger partial charge in [0.1, 0.15) is 0 Å². The highest BCUT2D eigenvalue weighted by Crippen LogP contribution is 2.33. The van der Waals surface area contributed by atoms with Crippen molar-refractivity contribution in [1.82, 2.24) is 14.5 Å². The number of nitrogens with one attached hydrogen (secondary N) is 1. The zero-order chi connectivity index (χ0) is 14.2. The summed E-state index contributed by atoms with van der Waals surface area (Å²) in [6.45, 7) is 4.70. The van der Waals surface area contributed by atoms with Crippen LogP contribution in [0.3, 0.4) is 0 Å². The molecule has 4 heteroatoms. The molecular formula is C17H28N4. The minimum atomic E-state index is 0.608. The van der Waals surface area contributed by atoms with Crippen molar-refractivity contribution >= 4 is 5.95 Å². The molecule has 4 nitrogen and oxygen atoms in total. The van der Waals surface area contributed by atoms with Crippen molar-refractivity contribution in [2.75, 3.05) is 18.4 Å². The highest BCUT2D eigenvalue weighted by molar-refractivity contribution is 5.33. The van der Waals surface area contributed by atoms with Crippen molar-refractivity contribution in [3.8, 4) is 0 Å². The Morgan fingerprint density at radius 1 is 1.05 bits per heavy atom. The third kappa shape index (κ3) is 2.59. The summed E-state index contributed by atoms with van der Waals surface area (Å²) < 4.78 is 2.45. The van der Waals surface area contributed by atoms with Crippen LogP contribution >= 0.6 is 0 Å². The standard InChI is InChI=1S/C17H28N4/c1-13-12-21(14-6-3-2-4-7-14)17(18-13)19-15-9-11-20-10-5-8-16(15)20/h12,14-16H,2-11H2,1H3,(H,18,19). The van der Waals surface area contributed by atoms with E-state index in [0.29, 0.717) is 12.1 Å². The van der Waals surface area contributed by atoms with Crippen LogP contribution in [0, 0.1) is 6.92 Å². The lowest BCUT2D eigenvalue weighted by atomic mass is 9.95. The smallest absolute Gasteiger partial charge is 0.203 e. The van der Waals surface area contributed by atoms with Gasteiger partial charge in [0.15, 0.2) is 0 Å². The zero-order valence-electron chi connectivity index (χ0n) is 13.2. The van der Waals surface area contributed by atoms with Gasteiger partial charge in [-0.3, -0.25) is 4.90 Å². The molecule has 0 spiro atoms. The molecule has 2 aliphatic heterocycles. The fourth-order valence-electron chi connectivity index (χ4n) is 4.68. The van der Waals surface area contributed by atoms with Crippen molar-refractivity contribution in [2.24, 2.45) is 0 Å². The van der Waals surface area contributed by atoms with Gasteiger partial charge in [0.05, 0.1) is 5.69 Å². The molecule has 0 amide bonds. The molecule has 21 heavy (non-hydrogen) atoms. The van der Waals surface area contributed by atoms with Crippen molar-refractivity contribution in [3.63, 3.8) is 0 Å². The molecule has 1 aliphatic carbocycles. The van der Waals surface area contributed by atoms with E-state index in [-0.39, 0.29) is 0 Å². The van der Waals surface area contributed by atoms with Crippen molar-refractivity contribution < 1.29 is 0 Å². The van der Waals surface area contributed by atoms with Gasteiger partial charge in [-0.1, -0.05) is 19.3 Å². The first kappa shape index (κ1) is 13.6. The quantitative estimate of drug-likeness (QED) is 0.926. The molecule has 2 saturated heterocycles. The predicted octanol–water partition coefficient (Wildman–Crippen LogP) is 3.35. The Bertz CT molecular complexity index is 489. The third-order valence-electron chi connectivity index (χ3n) is 5.74. The topological polar surface area (TPSA) is 33.1 Å². The van der Waals surface area contributed by atoms with Gasteiger partial charge in [-0.25, -0.2) is 4.98 Å². The van der Waals surface area contributed by atoms with Gasteiger partial charge in [0, 0.05) is 30.9 Å². The minimum absolute atomic E-state index is 0.608. The van der Waals surface area contributed by atoms with Crippen LogP contribution in [0.15, 0.2) is 6.20 Å². The Morgan fingerprint density at radius 2 is 1.90 bits per heavy atom. The largest absolute Gasteiger partial charge is 0.351 e. The van der Waals surface area contributed by atoms with Gasteiger partial charge in [0.2, 0.25) is 5.95 Å². The van der Waals surface area contributed by atoms with E-state index in [4.69, 9.17) is 4.98 Å². The van der Waals surface area contributed by atoms with Crippen LogP contribution in [-0.2, 0) is 0 Å². The number of hydrogen-bond acceptors (Lipinski definition) is 3. The first-order valence-electron chi connectivity index (χ1n) is 8.87. The van der Waals surface area contributed by atoms with Crippen LogP contribution in [0.1, 0.15) is 63.1 Å². The molecular weight excluding hydrogens is 260 g/mol. The summed E-state index contributed by atoms with van der Waals surface area (Å²) in [5, 5.41) is 3.81. The normalized spacial score (nSPS) is 30.7. The first-order valence-corrected chi connectivity index (χ1v) is 8.87. The highest BCUT2D eigenvalue weighted by atomic mass is 15.3. The summed E-state index contributed by atoms with van der Waals surface area (Å²) in [4.78, 5) is 7.46. The van der Waals surface area contributed by atoms with E-state index in [1.807, 2.05) is 0 Å². The van der Waals surface area contributed by atoms with E-state index in [1.165, 1.54) is 64.5 Å². The summed E-state index contributed by atoms with van der Waals surface area (Å²) in [5.74, 6) is 1.14. The Balaban J connectivity index is 1.52. The van der Waals surface area contributed by atoms with Gasteiger partial charge in [-0.05, 0) is 45.6 Å². The minimum Gasteiger partial charge on any atom is -0.351 e. The molecule has 1 N–H and O–H groups in total. The number of aromatic nitrogens is 2. The Morgan fingerprint density at radius 3 is 2.76 bits per heavy atom. The summed E-state index contributed by atoms with van der Waals surface area (Å²) in [6, 6.07) is 2.03. The first-order chi connectivity index (χ1) is 10.3. The molecule has 2 unspecified atom stereocenters. The number of anilines is 1. The lowest BCUT2D eigenvalue weighted by molar-refractivity contribution is 0.316. The van der Waals surface area contributed by atoms with Gasteiger partial charge < -0.3 is 9.88 Å². The molecule has 116 valence electrons. The van der Waals surface area contributed by atoms with Crippen molar-refractivity contribution in [3.05, 3.63) is 11.9 Å². The fraction of sp³-hybridized carbons (Fsp3) is 0.824. The average Bonchev–Trinajstić information content (AvgIpc) is 3.18. The lowest BCUT2D eigenvalue weighted by Crippen LogP contribution is -2.34. The fourth-order valence-corrected chi connectivity index (χ4v) is 4.68. The van der Waals surface area contributed by atoms with E-state index in [9.17, 15) is 0 Å². The maximum Gasteiger partial charge on any atom is 0.203 e. The Hall–Kier alpha value is -1.03. The maximum atomic E-state index is 4.80. The molecule has 3 fully saturated rings. The number of fused-ring (bicyclic) bond motifs is 1. The molecule has 0 radical (unpaired) electrons. The van der Waals surface area contributed by atoms with Crippen LogP contribution in [0.5, 0.6) is 0 Å². The van der Waals surface area contributed by atoms with E-state index >= 15 is 0 Å². The van der Waals surface area contributed by atoms with E-state index in [2.05, 4.69) is 27.9 Å². The van der Waals surface area contributed by atoms with E-state index in [0.717, 1.165) is 17.7 Å². The number of hydrogen-bond donors (Lipinski definition) is 1. The molecule has 1 aromatic heterocycles. The van der Waals surface area contributed by atoms with Gasteiger partial charge in [-0.15, -0.1) is 0 Å². The molecule has 4 rings (SSSR count). The summed E-state index contributed by atoms with van der Waals surface area (Å²) in [7, 11) is 0.